The molecule has 0 radical (unpaired) electrons. The van der Waals surface area contributed by atoms with Gasteiger partial charge in [0.1, 0.15) is 0 Å². The monoisotopic (exact) mass is 329 g/mol. The number of carbonyl (C=O) groups is 3. The zero-order valence-corrected chi connectivity index (χ0v) is 14.0. The summed E-state index contributed by atoms with van der Waals surface area (Å²) in [4.78, 5) is 40.9. The highest BCUT2D eigenvalue weighted by molar-refractivity contribution is 6.04. The molecule has 1 aromatic rings. The fourth-order valence-corrected chi connectivity index (χ4v) is 3.34. The lowest BCUT2D eigenvalue weighted by molar-refractivity contribution is -0.142. The Kier molecular flexibility index (Phi) is 4.94. The van der Waals surface area contributed by atoms with Crippen molar-refractivity contribution in [1.82, 2.24) is 9.80 Å². The van der Waals surface area contributed by atoms with Gasteiger partial charge in [0, 0.05) is 44.7 Å². The van der Waals surface area contributed by atoms with Crippen molar-refractivity contribution in [2.45, 2.75) is 19.8 Å². The van der Waals surface area contributed by atoms with Crippen molar-refractivity contribution < 1.29 is 14.4 Å². The van der Waals surface area contributed by atoms with Gasteiger partial charge in [0.25, 0.3) is 0 Å². The Morgan fingerprint density at radius 1 is 0.958 bits per heavy atom. The molecule has 0 aliphatic carbocycles. The third-order valence-corrected chi connectivity index (χ3v) is 4.72. The molecule has 0 N–H and O–H groups in total. The summed E-state index contributed by atoms with van der Waals surface area (Å²) in [6.07, 6.45) is 0.475. The van der Waals surface area contributed by atoms with E-state index in [0.29, 0.717) is 6.54 Å². The Labute approximate surface area is 142 Å². The van der Waals surface area contributed by atoms with Gasteiger partial charge in [-0.2, -0.15) is 0 Å². The van der Waals surface area contributed by atoms with Crippen LogP contribution >= 0.6 is 0 Å². The van der Waals surface area contributed by atoms with Crippen LogP contribution in [-0.4, -0.2) is 66.7 Å². The number of carbonyl (C=O) groups excluding carboxylic acids is 3. The smallest absolute Gasteiger partial charge is 0.230 e. The summed E-state index contributed by atoms with van der Waals surface area (Å²) in [5.41, 5.74) is 2.50. The summed E-state index contributed by atoms with van der Waals surface area (Å²) in [5.74, 6) is -0.515. The number of piperazine rings is 1. The maximum absolute atomic E-state index is 12.2. The van der Waals surface area contributed by atoms with Crippen molar-refractivity contribution in [3.05, 3.63) is 29.8 Å². The second-order valence-corrected chi connectivity index (χ2v) is 6.46. The zero-order valence-electron chi connectivity index (χ0n) is 14.0. The highest BCUT2D eigenvalue weighted by Crippen LogP contribution is 2.20. The van der Waals surface area contributed by atoms with Gasteiger partial charge in [0.2, 0.25) is 11.8 Å². The highest BCUT2D eigenvalue weighted by atomic mass is 16.2. The number of likely N-dealkylation sites (tertiary alicyclic amines) is 1. The minimum Gasteiger partial charge on any atom is -0.369 e. The van der Waals surface area contributed by atoms with Gasteiger partial charge >= 0.3 is 0 Å². The van der Waals surface area contributed by atoms with Crippen molar-refractivity contribution in [2.75, 3.05) is 44.2 Å². The lowest BCUT2D eigenvalue weighted by Crippen LogP contribution is -2.49. The molecule has 0 aromatic heterocycles. The zero-order chi connectivity index (χ0) is 17.1. The van der Waals surface area contributed by atoms with E-state index in [1.165, 1.54) is 11.3 Å². The van der Waals surface area contributed by atoms with Crippen LogP contribution in [-0.2, 0) is 14.4 Å². The average molecular weight is 329 g/mol. The molecule has 0 bridgehead atoms. The molecule has 2 saturated heterocycles. The Balaban J connectivity index is 1.49. The summed E-state index contributed by atoms with van der Waals surface area (Å²) < 4.78 is 0. The molecule has 128 valence electrons. The molecule has 1 aromatic carbocycles. The van der Waals surface area contributed by atoms with Gasteiger partial charge in [-0.15, -0.1) is 0 Å². The van der Waals surface area contributed by atoms with Gasteiger partial charge < -0.3 is 4.90 Å². The molecule has 0 atom stereocenters. The average Bonchev–Trinajstić information content (AvgIpc) is 2.88. The number of hydrogen-bond acceptors (Lipinski definition) is 5. The number of aryl methyl sites for hydroxylation is 1. The largest absolute Gasteiger partial charge is 0.369 e. The topological polar surface area (TPSA) is 60.9 Å². The predicted octanol–water partition coefficient (Wildman–Crippen LogP) is 0.835. The quantitative estimate of drug-likeness (QED) is 0.749. The van der Waals surface area contributed by atoms with Gasteiger partial charge in [0.15, 0.2) is 5.78 Å². The van der Waals surface area contributed by atoms with Gasteiger partial charge in [-0.3, -0.25) is 24.2 Å². The third kappa shape index (κ3) is 3.64. The Hall–Kier alpha value is -2.21. The van der Waals surface area contributed by atoms with Gasteiger partial charge in [0.05, 0.1) is 13.1 Å². The molecule has 2 aliphatic heterocycles. The number of nitrogens with zero attached hydrogens (tertiary/aromatic N) is 3. The Morgan fingerprint density at radius 2 is 1.58 bits per heavy atom. The summed E-state index contributed by atoms with van der Waals surface area (Å²) >= 11 is 0. The van der Waals surface area contributed by atoms with Crippen LogP contribution in [0, 0.1) is 6.92 Å². The van der Waals surface area contributed by atoms with E-state index in [9.17, 15) is 14.4 Å². The highest BCUT2D eigenvalue weighted by Gasteiger charge is 2.31. The van der Waals surface area contributed by atoms with E-state index in [-0.39, 0.29) is 37.0 Å². The number of amides is 2. The predicted molar refractivity (Wildman–Crippen MR) is 90.8 cm³/mol. The molecule has 2 amide bonds. The second-order valence-electron chi connectivity index (χ2n) is 6.46. The maximum atomic E-state index is 12.2. The number of imide groups is 1. The van der Waals surface area contributed by atoms with Gasteiger partial charge in [-0.05, 0) is 18.6 Å². The first kappa shape index (κ1) is 16.6. The van der Waals surface area contributed by atoms with E-state index < -0.39 is 0 Å². The molecule has 6 nitrogen and oxygen atoms in total. The minimum atomic E-state index is -0.224. The Morgan fingerprint density at radius 3 is 2.21 bits per heavy atom. The lowest BCUT2D eigenvalue weighted by atomic mass is 10.1. The van der Waals surface area contributed by atoms with E-state index in [1.807, 2.05) is 12.1 Å². The van der Waals surface area contributed by atoms with Gasteiger partial charge in [-0.25, -0.2) is 0 Å². The van der Waals surface area contributed by atoms with Crippen molar-refractivity contribution in [3.8, 4) is 0 Å². The Bertz CT molecular complexity index is 635. The van der Waals surface area contributed by atoms with E-state index in [2.05, 4.69) is 28.9 Å². The van der Waals surface area contributed by atoms with E-state index in [4.69, 9.17) is 0 Å². The fraction of sp³-hybridized carbons (Fsp3) is 0.500. The van der Waals surface area contributed by atoms with Crippen LogP contribution in [0.15, 0.2) is 24.3 Å². The van der Waals surface area contributed by atoms with Gasteiger partial charge in [-0.1, -0.05) is 18.2 Å². The number of benzene rings is 1. The summed E-state index contributed by atoms with van der Waals surface area (Å²) in [6, 6.07) is 8.31. The maximum Gasteiger partial charge on any atom is 0.230 e. The molecule has 0 saturated carbocycles. The van der Waals surface area contributed by atoms with Crippen LogP contribution in [0.5, 0.6) is 0 Å². The van der Waals surface area contributed by atoms with Crippen molar-refractivity contribution in [1.29, 1.82) is 0 Å². The molecule has 2 heterocycles. The molecular weight excluding hydrogens is 306 g/mol. The van der Waals surface area contributed by atoms with Crippen LogP contribution < -0.4 is 4.90 Å². The molecular formula is C18H23N3O3. The summed E-state index contributed by atoms with van der Waals surface area (Å²) in [5, 5.41) is 0. The molecule has 2 fully saturated rings. The molecule has 0 unspecified atom stereocenters. The number of rotatable bonds is 5. The van der Waals surface area contributed by atoms with Crippen LogP contribution in [0.25, 0.3) is 0 Å². The number of Topliss-reactive ketones (excluding diaryl/α,β-unsaturated/α-hetero) is 1. The van der Waals surface area contributed by atoms with E-state index in [0.717, 1.165) is 31.1 Å². The number of anilines is 1. The molecule has 3 rings (SSSR count). The van der Waals surface area contributed by atoms with Crippen molar-refractivity contribution in [3.63, 3.8) is 0 Å². The first-order chi connectivity index (χ1) is 11.5. The minimum absolute atomic E-state index is 0.0667. The van der Waals surface area contributed by atoms with Crippen LogP contribution in [0.1, 0.15) is 18.4 Å². The van der Waals surface area contributed by atoms with Crippen LogP contribution in [0.2, 0.25) is 0 Å². The number of para-hydroxylation sites is 1. The summed E-state index contributed by atoms with van der Waals surface area (Å²) in [6.45, 7) is 5.70. The number of ketones is 1. The lowest BCUT2D eigenvalue weighted by Gasteiger charge is -2.36. The second kappa shape index (κ2) is 7.13. The SMILES string of the molecule is Cc1ccccc1N1CCN(CC(=O)CN2C(=O)CCC2=O)CC1. The molecule has 6 heteroatoms. The normalized spacial score (nSPS) is 19.2. The molecule has 0 spiro atoms. The van der Waals surface area contributed by atoms with Crippen molar-refractivity contribution >= 4 is 23.3 Å². The van der Waals surface area contributed by atoms with E-state index in [1.54, 1.807) is 0 Å². The number of hydrogen-bond donors (Lipinski definition) is 0. The fourth-order valence-electron chi connectivity index (χ4n) is 3.34. The molecule has 2 aliphatic rings. The first-order valence-corrected chi connectivity index (χ1v) is 8.42. The summed E-state index contributed by atoms with van der Waals surface area (Å²) in [7, 11) is 0. The van der Waals surface area contributed by atoms with Crippen molar-refractivity contribution in [2.24, 2.45) is 0 Å². The van der Waals surface area contributed by atoms with Crippen LogP contribution in [0.3, 0.4) is 0 Å². The standard InChI is InChI=1S/C18H23N3O3/c1-14-4-2-3-5-16(14)20-10-8-19(9-11-20)12-15(22)13-21-17(23)6-7-18(21)24/h2-5H,6-13H2,1H3. The molecule has 24 heavy (non-hydrogen) atoms. The third-order valence-electron chi connectivity index (χ3n) is 4.72. The van der Waals surface area contributed by atoms with Crippen LogP contribution in [0.4, 0.5) is 5.69 Å². The first-order valence-electron chi connectivity index (χ1n) is 8.42. The van der Waals surface area contributed by atoms with E-state index >= 15 is 0 Å².